The fourth-order valence-electron chi connectivity index (χ4n) is 2.57. The van der Waals surface area contributed by atoms with E-state index in [1.165, 1.54) is 28.8 Å². The first-order valence-corrected chi connectivity index (χ1v) is 10.5. The Kier molecular flexibility index (Phi) is 10.9. The van der Waals surface area contributed by atoms with Gasteiger partial charge in [-0.25, -0.2) is 4.39 Å². The number of hydrogen-bond acceptors (Lipinski definition) is 2. The van der Waals surface area contributed by atoms with Crippen molar-refractivity contribution in [3.8, 4) is 0 Å². The Labute approximate surface area is 180 Å². The highest BCUT2D eigenvalue weighted by atomic mass is 32.2. The van der Waals surface area contributed by atoms with Gasteiger partial charge in [-0.2, -0.15) is 0 Å². The first-order chi connectivity index (χ1) is 13.9. The minimum atomic E-state index is -0.220. The lowest BCUT2D eigenvalue weighted by atomic mass is 10.0. The molecule has 0 spiro atoms. The Morgan fingerprint density at radius 3 is 2.10 bits per heavy atom. The predicted octanol–water partition coefficient (Wildman–Crippen LogP) is 7.78. The van der Waals surface area contributed by atoms with Gasteiger partial charge in [-0.05, 0) is 79.1 Å². The third-order valence-electron chi connectivity index (χ3n) is 4.27. The lowest BCUT2D eigenvalue weighted by Crippen LogP contribution is -2.07. The van der Waals surface area contributed by atoms with Crippen LogP contribution in [0.25, 0.3) is 5.57 Å². The van der Waals surface area contributed by atoms with Crippen LogP contribution in [0.4, 0.5) is 4.39 Å². The molecule has 0 fully saturated rings. The Hall–Kier alpha value is -2.52. The lowest BCUT2D eigenvalue weighted by Gasteiger charge is -2.13. The summed E-state index contributed by atoms with van der Waals surface area (Å²) in [5.74, 6) is -0.220. The topological polar surface area (TPSA) is 12.0 Å². The molecule has 0 aliphatic rings. The average Bonchev–Trinajstić information content (AvgIpc) is 2.73. The van der Waals surface area contributed by atoms with E-state index in [1.807, 2.05) is 14.0 Å². The van der Waals surface area contributed by atoms with E-state index in [4.69, 9.17) is 0 Å². The molecule has 1 nitrogen and oxygen atoms in total. The van der Waals surface area contributed by atoms with E-state index < -0.39 is 0 Å². The number of allylic oxidation sites excluding steroid dienone is 4. The van der Waals surface area contributed by atoms with Gasteiger partial charge in [-0.3, -0.25) is 0 Å². The van der Waals surface area contributed by atoms with Crippen molar-refractivity contribution in [1.29, 1.82) is 0 Å². The lowest BCUT2D eigenvalue weighted by molar-refractivity contribution is 0.626. The molecule has 2 aromatic rings. The summed E-state index contributed by atoms with van der Waals surface area (Å²) in [7, 11) is 1.87. The molecular weight excluding hydrogens is 377 g/mol. The van der Waals surface area contributed by atoms with Gasteiger partial charge in [0.05, 0.1) is 0 Å². The maximum atomic E-state index is 13.1. The van der Waals surface area contributed by atoms with Crippen LogP contribution in [0.15, 0.2) is 94.9 Å². The molecule has 3 heteroatoms. The first kappa shape index (κ1) is 24.5. The smallest absolute Gasteiger partial charge is 0.123 e. The van der Waals surface area contributed by atoms with Crippen LogP contribution in [0.3, 0.4) is 0 Å². The van der Waals surface area contributed by atoms with Crippen molar-refractivity contribution < 1.29 is 4.39 Å². The van der Waals surface area contributed by atoms with Gasteiger partial charge in [0.2, 0.25) is 0 Å². The minimum Gasteiger partial charge on any atom is -0.388 e. The monoisotopic (exact) mass is 409 g/mol. The van der Waals surface area contributed by atoms with Gasteiger partial charge in [-0.1, -0.05) is 55.6 Å². The highest BCUT2D eigenvalue weighted by molar-refractivity contribution is 8.03. The molecule has 0 heterocycles. The number of aryl methyl sites for hydroxylation is 1. The van der Waals surface area contributed by atoms with Crippen LogP contribution in [-0.4, -0.2) is 7.05 Å². The quantitative estimate of drug-likeness (QED) is 0.285. The molecule has 0 atom stereocenters. The molecule has 2 rings (SSSR count). The molecule has 0 amide bonds. The Balaban J connectivity index is 0.00000132. The van der Waals surface area contributed by atoms with Gasteiger partial charge in [-0.15, -0.1) is 6.58 Å². The van der Waals surface area contributed by atoms with Crippen molar-refractivity contribution >= 4 is 17.3 Å². The van der Waals surface area contributed by atoms with Gasteiger partial charge in [0, 0.05) is 23.2 Å². The molecule has 0 aromatic heterocycles. The molecule has 0 unspecified atom stereocenters. The van der Waals surface area contributed by atoms with E-state index in [-0.39, 0.29) is 5.82 Å². The Bertz CT molecular complexity index is 859. The highest BCUT2D eigenvalue weighted by Gasteiger charge is 2.08. The molecule has 0 saturated carbocycles. The summed E-state index contributed by atoms with van der Waals surface area (Å²) < 4.78 is 13.1. The van der Waals surface area contributed by atoms with Crippen molar-refractivity contribution in [2.45, 2.75) is 39.0 Å². The first-order valence-electron chi connectivity index (χ1n) is 9.72. The average molecular weight is 410 g/mol. The van der Waals surface area contributed by atoms with Gasteiger partial charge in [0.1, 0.15) is 5.82 Å². The van der Waals surface area contributed by atoms with E-state index in [9.17, 15) is 4.39 Å². The number of benzene rings is 2. The molecule has 2 aromatic carbocycles. The van der Waals surface area contributed by atoms with Gasteiger partial charge in [0.25, 0.3) is 0 Å². The Morgan fingerprint density at radius 1 is 1.07 bits per heavy atom. The predicted molar refractivity (Wildman–Crippen MR) is 128 cm³/mol. The zero-order chi connectivity index (χ0) is 21.8. The minimum absolute atomic E-state index is 0.220. The summed E-state index contributed by atoms with van der Waals surface area (Å²) in [5.41, 5.74) is 5.63. The number of hydrogen-bond donors (Lipinski definition) is 1. The van der Waals surface area contributed by atoms with E-state index in [2.05, 4.69) is 69.6 Å². The maximum Gasteiger partial charge on any atom is 0.123 e. The van der Waals surface area contributed by atoms with Crippen molar-refractivity contribution in [1.82, 2.24) is 5.32 Å². The van der Waals surface area contributed by atoms with Crippen molar-refractivity contribution in [2.24, 2.45) is 0 Å². The molecular formula is C26H32FNS. The third-order valence-corrected chi connectivity index (χ3v) is 5.30. The fourth-order valence-corrected chi connectivity index (χ4v) is 3.49. The Morgan fingerprint density at radius 2 is 1.62 bits per heavy atom. The number of nitrogens with one attached hydrogen (secondary N) is 1. The standard InChI is InChI=1S/C23H26FNS.C3H6/c1-6-19-7-9-20(10-8-19)16(2)15-23(17(3)25-5)18(4)26-22-13-11-21(24)12-14-22;1-3-2/h7-15,25H,3,6H2,1-2,4-5H3;3H,1H2,2H3/b16-15+,23-18+;. The van der Waals surface area contributed by atoms with Crippen molar-refractivity contribution in [2.75, 3.05) is 7.05 Å². The second kappa shape index (κ2) is 12.8. The number of halogens is 1. The summed E-state index contributed by atoms with van der Waals surface area (Å²) >= 11 is 1.61. The summed E-state index contributed by atoms with van der Waals surface area (Å²) in [5, 5.41) is 3.15. The van der Waals surface area contributed by atoms with Crippen LogP contribution in [0.5, 0.6) is 0 Å². The van der Waals surface area contributed by atoms with Gasteiger partial charge in [0.15, 0.2) is 0 Å². The van der Waals surface area contributed by atoms with Crippen LogP contribution < -0.4 is 5.32 Å². The molecule has 0 bridgehead atoms. The van der Waals surface area contributed by atoms with E-state index in [0.717, 1.165) is 27.5 Å². The molecule has 154 valence electrons. The second-order valence-electron chi connectivity index (χ2n) is 6.54. The van der Waals surface area contributed by atoms with E-state index in [1.54, 1.807) is 30.0 Å². The molecule has 1 N–H and O–H groups in total. The molecule has 0 saturated heterocycles. The molecule has 0 aliphatic heterocycles. The van der Waals surface area contributed by atoms with Crippen LogP contribution in [0.2, 0.25) is 0 Å². The maximum absolute atomic E-state index is 13.1. The van der Waals surface area contributed by atoms with Crippen LogP contribution in [0.1, 0.15) is 38.8 Å². The van der Waals surface area contributed by atoms with Gasteiger partial charge >= 0.3 is 0 Å². The van der Waals surface area contributed by atoms with Crippen LogP contribution in [0, 0.1) is 5.82 Å². The summed E-state index contributed by atoms with van der Waals surface area (Å²) in [4.78, 5) is 2.11. The number of rotatable bonds is 7. The zero-order valence-corrected chi connectivity index (χ0v) is 19.0. The SMILES string of the molecule is C=C(NC)C(/C=C(\C)c1ccc(CC)cc1)=C(\C)Sc1ccc(F)cc1.C=CC. The van der Waals surface area contributed by atoms with Crippen molar-refractivity contribution in [3.63, 3.8) is 0 Å². The van der Waals surface area contributed by atoms with Crippen LogP contribution >= 0.6 is 11.8 Å². The van der Waals surface area contributed by atoms with E-state index >= 15 is 0 Å². The van der Waals surface area contributed by atoms with Crippen molar-refractivity contribution in [3.05, 3.63) is 107 Å². The second-order valence-corrected chi connectivity index (χ2v) is 7.83. The molecule has 29 heavy (non-hydrogen) atoms. The largest absolute Gasteiger partial charge is 0.388 e. The van der Waals surface area contributed by atoms with Crippen LogP contribution in [-0.2, 0) is 6.42 Å². The third kappa shape index (κ3) is 8.16. The molecule has 0 aliphatic carbocycles. The summed E-state index contributed by atoms with van der Waals surface area (Å²) in [6.45, 7) is 15.7. The number of thioether (sulfide) groups is 1. The summed E-state index contributed by atoms with van der Waals surface area (Å²) in [6, 6.07) is 15.2. The number of likely N-dealkylation sites (N-methyl/N-ethyl adjacent to an activating group) is 1. The summed E-state index contributed by atoms with van der Waals surface area (Å²) in [6.07, 6.45) is 4.95. The van der Waals surface area contributed by atoms with E-state index in [0.29, 0.717) is 0 Å². The fraction of sp³-hybridized carbons (Fsp3) is 0.231. The molecule has 0 radical (unpaired) electrons. The highest BCUT2D eigenvalue weighted by Crippen LogP contribution is 2.32. The zero-order valence-electron chi connectivity index (χ0n) is 18.2. The normalized spacial score (nSPS) is 11.7. The van der Waals surface area contributed by atoms with Gasteiger partial charge < -0.3 is 5.32 Å².